The van der Waals surface area contributed by atoms with E-state index in [1.165, 1.54) is 6.21 Å². The Morgan fingerprint density at radius 1 is 1.27 bits per heavy atom. The lowest BCUT2D eigenvalue weighted by molar-refractivity contribution is -0.139. The molecule has 120 valence electrons. The Labute approximate surface area is 134 Å². The molecule has 0 aromatic heterocycles. The number of rotatable bonds is 7. The van der Waals surface area contributed by atoms with Crippen molar-refractivity contribution in [2.24, 2.45) is 5.10 Å². The SMILES string of the molecule is CCCNC(=O)C(=O)N/N=C\c1cc(Cl)ccc1OCCC. The van der Waals surface area contributed by atoms with Crippen LogP contribution in [0.15, 0.2) is 23.3 Å². The van der Waals surface area contributed by atoms with Gasteiger partial charge >= 0.3 is 11.8 Å². The van der Waals surface area contributed by atoms with Crippen molar-refractivity contribution in [1.29, 1.82) is 0 Å². The largest absolute Gasteiger partial charge is 0.493 e. The van der Waals surface area contributed by atoms with Gasteiger partial charge in [0.2, 0.25) is 0 Å². The van der Waals surface area contributed by atoms with E-state index in [0.717, 1.165) is 12.8 Å². The number of halogens is 1. The summed E-state index contributed by atoms with van der Waals surface area (Å²) in [6.07, 6.45) is 3.01. The Kier molecular flexibility index (Phi) is 7.99. The molecule has 1 rings (SSSR count). The van der Waals surface area contributed by atoms with E-state index in [1.54, 1.807) is 18.2 Å². The summed E-state index contributed by atoms with van der Waals surface area (Å²) in [6.45, 7) is 4.90. The van der Waals surface area contributed by atoms with E-state index in [-0.39, 0.29) is 0 Å². The van der Waals surface area contributed by atoms with Crippen LogP contribution in [-0.2, 0) is 9.59 Å². The first-order valence-corrected chi connectivity index (χ1v) is 7.49. The molecule has 0 fully saturated rings. The Balaban J connectivity index is 2.66. The normalized spacial score (nSPS) is 10.5. The van der Waals surface area contributed by atoms with Crippen LogP contribution in [0.25, 0.3) is 0 Å². The van der Waals surface area contributed by atoms with Gasteiger partial charge in [0, 0.05) is 17.1 Å². The van der Waals surface area contributed by atoms with Gasteiger partial charge in [-0.15, -0.1) is 0 Å². The van der Waals surface area contributed by atoms with E-state index in [1.807, 2.05) is 13.8 Å². The van der Waals surface area contributed by atoms with Gasteiger partial charge in [0.25, 0.3) is 0 Å². The van der Waals surface area contributed by atoms with Crippen molar-refractivity contribution in [3.8, 4) is 5.75 Å². The van der Waals surface area contributed by atoms with E-state index >= 15 is 0 Å². The molecule has 0 atom stereocenters. The fourth-order valence-electron chi connectivity index (χ4n) is 1.49. The number of hydrazone groups is 1. The van der Waals surface area contributed by atoms with Crippen molar-refractivity contribution < 1.29 is 14.3 Å². The van der Waals surface area contributed by atoms with E-state index in [0.29, 0.717) is 29.5 Å². The summed E-state index contributed by atoms with van der Waals surface area (Å²) in [5.74, 6) is -0.921. The molecule has 22 heavy (non-hydrogen) atoms. The molecule has 0 aliphatic heterocycles. The van der Waals surface area contributed by atoms with Crippen molar-refractivity contribution in [3.05, 3.63) is 28.8 Å². The average molecular weight is 326 g/mol. The van der Waals surface area contributed by atoms with Crippen molar-refractivity contribution in [1.82, 2.24) is 10.7 Å². The number of nitrogens with zero attached hydrogens (tertiary/aromatic N) is 1. The number of benzene rings is 1. The van der Waals surface area contributed by atoms with Gasteiger partial charge in [-0.2, -0.15) is 5.10 Å². The predicted molar refractivity (Wildman–Crippen MR) is 86.3 cm³/mol. The van der Waals surface area contributed by atoms with Gasteiger partial charge in [-0.3, -0.25) is 9.59 Å². The lowest BCUT2D eigenvalue weighted by Crippen LogP contribution is -2.38. The molecule has 0 bridgehead atoms. The van der Waals surface area contributed by atoms with Gasteiger partial charge in [-0.05, 0) is 31.0 Å². The van der Waals surface area contributed by atoms with Crippen LogP contribution in [0, 0.1) is 0 Å². The molecule has 0 aliphatic carbocycles. The maximum absolute atomic E-state index is 11.5. The van der Waals surface area contributed by atoms with Crippen molar-refractivity contribution in [3.63, 3.8) is 0 Å². The molecule has 0 saturated heterocycles. The Morgan fingerprint density at radius 2 is 2.05 bits per heavy atom. The van der Waals surface area contributed by atoms with Crippen molar-refractivity contribution in [2.45, 2.75) is 26.7 Å². The van der Waals surface area contributed by atoms with Crippen LogP contribution in [0.5, 0.6) is 5.75 Å². The van der Waals surface area contributed by atoms with E-state index < -0.39 is 11.8 Å². The molecule has 0 unspecified atom stereocenters. The maximum atomic E-state index is 11.5. The quantitative estimate of drug-likeness (QED) is 0.458. The zero-order valence-electron chi connectivity index (χ0n) is 12.7. The van der Waals surface area contributed by atoms with Gasteiger partial charge < -0.3 is 10.1 Å². The number of carbonyl (C=O) groups excluding carboxylic acids is 2. The van der Waals surface area contributed by atoms with Gasteiger partial charge in [0.15, 0.2) is 0 Å². The lowest BCUT2D eigenvalue weighted by Gasteiger charge is -2.08. The molecule has 1 aromatic carbocycles. The molecule has 0 spiro atoms. The molecule has 0 aliphatic rings. The third-order valence-electron chi connectivity index (χ3n) is 2.55. The monoisotopic (exact) mass is 325 g/mol. The van der Waals surface area contributed by atoms with Crippen LogP contribution in [0.2, 0.25) is 5.02 Å². The van der Waals surface area contributed by atoms with Crippen LogP contribution in [-0.4, -0.2) is 31.2 Å². The minimum absolute atomic E-state index is 0.444. The minimum atomic E-state index is -0.817. The first kappa shape index (κ1) is 18.0. The van der Waals surface area contributed by atoms with Crippen LogP contribution in [0.4, 0.5) is 0 Å². The van der Waals surface area contributed by atoms with Crippen molar-refractivity contribution in [2.75, 3.05) is 13.2 Å². The summed E-state index contributed by atoms with van der Waals surface area (Å²) >= 11 is 5.93. The molecule has 0 heterocycles. The fourth-order valence-corrected chi connectivity index (χ4v) is 1.67. The average Bonchev–Trinajstić information content (AvgIpc) is 2.51. The third-order valence-corrected chi connectivity index (χ3v) is 2.78. The molecule has 7 heteroatoms. The third kappa shape index (κ3) is 6.13. The highest BCUT2D eigenvalue weighted by atomic mass is 35.5. The Morgan fingerprint density at radius 3 is 2.73 bits per heavy atom. The van der Waals surface area contributed by atoms with E-state index in [9.17, 15) is 9.59 Å². The number of carbonyl (C=O) groups is 2. The van der Waals surface area contributed by atoms with Gasteiger partial charge in [-0.25, -0.2) is 5.43 Å². The molecular weight excluding hydrogens is 306 g/mol. The van der Waals surface area contributed by atoms with E-state index in [4.69, 9.17) is 16.3 Å². The summed E-state index contributed by atoms with van der Waals surface area (Å²) in [4.78, 5) is 22.8. The van der Waals surface area contributed by atoms with Gasteiger partial charge in [-0.1, -0.05) is 25.4 Å². The van der Waals surface area contributed by atoms with Crippen LogP contribution in [0.3, 0.4) is 0 Å². The van der Waals surface area contributed by atoms with Crippen LogP contribution < -0.4 is 15.5 Å². The zero-order chi connectivity index (χ0) is 16.4. The second kappa shape index (κ2) is 9.78. The summed E-state index contributed by atoms with van der Waals surface area (Å²) in [7, 11) is 0. The molecule has 2 amide bonds. The topological polar surface area (TPSA) is 79.8 Å². The lowest BCUT2D eigenvalue weighted by atomic mass is 10.2. The summed E-state index contributed by atoms with van der Waals surface area (Å²) < 4.78 is 5.56. The number of hydrogen-bond donors (Lipinski definition) is 2. The van der Waals surface area contributed by atoms with Gasteiger partial charge in [0.05, 0.1) is 12.8 Å². The van der Waals surface area contributed by atoms with Crippen LogP contribution >= 0.6 is 11.6 Å². The highest BCUT2D eigenvalue weighted by Gasteiger charge is 2.11. The predicted octanol–water partition coefficient (Wildman–Crippen LogP) is 2.11. The summed E-state index contributed by atoms with van der Waals surface area (Å²) in [5.41, 5.74) is 2.78. The Bertz CT molecular complexity index is 547. The second-order valence-corrected chi connectivity index (χ2v) is 4.92. The molecule has 6 nitrogen and oxygen atoms in total. The first-order chi connectivity index (χ1) is 10.6. The molecular formula is C15H20ClN3O3. The van der Waals surface area contributed by atoms with E-state index in [2.05, 4.69) is 15.8 Å². The highest BCUT2D eigenvalue weighted by Crippen LogP contribution is 2.21. The fraction of sp³-hybridized carbons (Fsp3) is 0.400. The second-order valence-electron chi connectivity index (χ2n) is 4.49. The highest BCUT2D eigenvalue weighted by molar-refractivity contribution is 6.35. The Hall–Kier alpha value is -2.08. The summed E-state index contributed by atoms with van der Waals surface area (Å²) in [6, 6.07) is 5.11. The molecule has 0 radical (unpaired) electrons. The van der Waals surface area contributed by atoms with Crippen molar-refractivity contribution >= 4 is 29.6 Å². The standard InChI is InChI=1S/C15H20ClN3O3/c1-3-7-17-14(20)15(21)19-18-10-11-9-12(16)5-6-13(11)22-8-4-2/h5-6,9-10H,3-4,7-8H2,1-2H3,(H,17,20)(H,19,21)/b18-10-. The number of ether oxygens (including phenoxy) is 1. The zero-order valence-corrected chi connectivity index (χ0v) is 13.4. The maximum Gasteiger partial charge on any atom is 0.329 e. The first-order valence-electron chi connectivity index (χ1n) is 7.12. The molecule has 2 N–H and O–H groups in total. The smallest absolute Gasteiger partial charge is 0.329 e. The summed E-state index contributed by atoms with van der Waals surface area (Å²) in [5, 5.41) is 6.74. The number of nitrogens with one attached hydrogen (secondary N) is 2. The number of hydrogen-bond acceptors (Lipinski definition) is 4. The minimum Gasteiger partial charge on any atom is -0.493 e. The van der Waals surface area contributed by atoms with Gasteiger partial charge in [0.1, 0.15) is 5.75 Å². The van der Waals surface area contributed by atoms with Crippen LogP contribution in [0.1, 0.15) is 32.3 Å². The number of amides is 2. The molecule has 0 saturated carbocycles. The molecule has 1 aromatic rings.